The minimum atomic E-state index is -3.50. The number of nitrogens with zero attached hydrogens (tertiary/aromatic N) is 1. The molecule has 1 unspecified atom stereocenters. The second-order valence-corrected chi connectivity index (χ2v) is 9.80. The molecule has 156 valence electrons. The van der Waals surface area contributed by atoms with Crippen LogP contribution in [0.4, 0.5) is 5.69 Å². The molecule has 3 rings (SSSR count). The maximum absolute atomic E-state index is 12.9. The van der Waals surface area contributed by atoms with Gasteiger partial charge < -0.3 is 10.1 Å². The van der Waals surface area contributed by atoms with E-state index < -0.39 is 27.9 Å². The number of benzene rings is 1. The SMILES string of the molecule is CCOC(=O)c1sc(-c2ccccc2)cc1NC(=O)C1CCCCN1S(C)(=O)=O. The molecular formula is C20H24N2O5S2. The van der Waals surface area contributed by atoms with Crippen LogP contribution in [0.5, 0.6) is 0 Å². The molecule has 1 fully saturated rings. The molecule has 2 heterocycles. The van der Waals surface area contributed by atoms with E-state index in [0.717, 1.165) is 29.5 Å². The number of thiophene rings is 1. The summed E-state index contributed by atoms with van der Waals surface area (Å²) in [6.07, 6.45) is 3.05. The van der Waals surface area contributed by atoms with Crippen LogP contribution in [-0.4, -0.2) is 50.0 Å². The van der Waals surface area contributed by atoms with Gasteiger partial charge in [0.25, 0.3) is 0 Å². The normalized spacial score (nSPS) is 17.7. The Morgan fingerprint density at radius 3 is 2.62 bits per heavy atom. The number of carbonyl (C=O) groups is 2. The first-order chi connectivity index (χ1) is 13.8. The van der Waals surface area contributed by atoms with E-state index in [9.17, 15) is 18.0 Å². The zero-order valence-electron chi connectivity index (χ0n) is 16.4. The Kier molecular flexibility index (Phi) is 6.71. The Hall–Kier alpha value is -2.23. The van der Waals surface area contributed by atoms with E-state index in [1.807, 2.05) is 30.3 Å². The molecule has 1 saturated heterocycles. The Balaban J connectivity index is 1.91. The van der Waals surface area contributed by atoms with Crippen LogP contribution in [0.3, 0.4) is 0 Å². The zero-order valence-corrected chi connectivity index (χ0v) is 18.0. The summed E-state index contributed by atoms with van der Waals surface area (Å²) in [6.45, 7) is 2.25. The Morgan fingerprint density at radius 1 is 1.24 bits per heavy atom. The van der Waals surface area contributed by atoms with Gasteiger partial charge in [0.1, 0.15) is 10.9 Å². The van der Waals surface area contributed by atoms with E-state index in [-0.39, 0.29) is 6.61 Å². The van der Waals surface area contributed by atoms with Crippen LogP contribution >= 0.6 is 11.3 Å². The van der Waals surface area contributed by atoms with Gasteiger partial charge in [-0.25, -0.2) is 13.2 Å². The minimum absolute atomic E-state index is 0.218. The highest BCUT2D eigenvalue weighted by Crippen LogP contribution is 2.36. The van der Waals surface area contributed by atoms with Crippen molar-refractivity contribution in [1.82, 2.24) is 4.31 Å². The maximum Gasteiger partial charge on any atom is 0.350 e. The van der Waals surface area contributed by atoms with Gasteiger partial charge >= 0.3 is 5.97 Å². The molecule has 7 nitrogen and oxygen atoms in total. The summed E-state index contributed by atoms with van der Waals surface area (Å²) >= 11 is 1.23. The van der Waals surface area contributed by atoms with Gasteiger partial charge in [-0.15, -0.1) is 11.3 Å². The molecule has 1 amide bonds. The summed E-state index contributed by atoms with van der Waals surface area (Å²) in [5.41, 5.74) is 1.26. The lowest BCUT2D eigenvalue weighted by molar-refractivity contribution is -0.120. The second kappa shape index (κ2) is 9.06. The fraction of sp³-hybridized carbons (Fsp3) is 0.400. The number of carbonyl (C=O) groups excluding carboxylic acids is 2. The molecule has 0 spiro atoms. The Labute approximate surface area is 174 Å². The third kappa shape index (κ3) is 5.04. The lowest BCUT2D eigenvalue weighted by atomic mass is 10.0. The maximum atomic E-state index is 12.9. The number of sulfonamides is 1. The van der Waals surface area contributed by atoms with E-state index >= 15 is 0 Å². The molecule has 0 radical (unpaired) electrons. The quantitative estimate of drug-likeness (QED) is 0.701. The van der Waals surface area contributed by atoms with Gasteiger partial charge in [-0.1, -0.05) is 36.8 Å². The van der Waals surface area contributed by atoms with Crippen LogP contribution < -0.4 is 5.32 Å². The van der Waals surface area contributed by atoms with Crippen molar-refractivity contribution in [3.05, 3.63) is 41.3 Å². The first-order valence-corrected chi connectivity index (χ1v) is 12.1. The van der Waals surface area contributed by atoms with E-state index in [1.54, 1.807) is 13.0 Å². The number of hydrogen-bond donors (Lipinski definition) is 1. The molecule has 1 atom stereocenters. The third-order valence-electron chi connectivity index (χ3n) is 4.69. The van der Waals surface area contributed by atoms with Crippen LogP contribution in [0.15, 0.2) is 36.4 Å². The fourth-order valence-corrected chi connectivity index (χ4v) is 5.49. The summed E-state index contributed by atoms with van der Waals surface area (Å²) in [4.78, 5) is 26.5. The number of hydrogen-bond acceptors (Lipinski definition) is 6. The number of piperidine rings is 1. The van der Waals surface area contributed by atoms with Crippen molar-refractivity contribution < 1.29 is 22.7 Å². The molecular weight excluding hydrogens is 412 g/mol. The topological polar surface area (TPSA) is 92.8 Å². The van der Waals surface area contributed by atoms with Crippen molar-refractivity contribution in [1.29, 1.82) is 0 Å². The van der Waals surface area contributed by atoms with Crippen molar-refractivity contribution in [2.24, 2.45) is 0 Å². The summed E-state index contributed by atoms with van der Waals surface area (Å²) < 4.78 is 30.5. The first-order valence-electron chi connectivity index (χ1n) is 9.45. The van der Waals surface area contributed by atoms with Crippen molar-refractivity contribution >= 4 is 38.9 Å². The predicted molar refractivity (Wildman–Crippen MR) is 114 cm³/mol. The molecule has 1 aromatic heterocycles. The second-order valence-electron chi connectivity index (χ2n) is 6.81. The summed E-state index contributed by atoms with van der Waals surface area (Å²) in [5.74, 6) is -0.948. The smallest absolute Gasteiger partial charge is 0.350 e. The molecule has 2 aromatic rings. The summed E-state index contributed by atoms with van der Waals surface area (Å²) in [6, 6.07) is 10.5. The fourth-order valence-electron chi connectivity index (χ4n) is 3.36. The molecule has 1 aromatic carbocycles. The lowest BCUT2D eigenvalue weighted by Crippen LogP contribution is -2.49. The minimum Gasteiger partial charge on any atom is -0.462 e. The Morgan fingerprint density at radius 2 is 1.97 bits per heavy atom. The van der Waals surface area contributed by atoms with Gasteiger partial charge in [0.15, 0.2) is 0 Å². The van der Waals surface area contributed by atoms with E-state index in [4.69, 9.17) is 4.74 Å². The van der Waals surface area contributed by atoms with Crippen LogP contribution in [-0.2, 0) is 19.6 Å². The summed E-state index contributed by atoms with van der Waals surface area (Å²) in [5, 5.41) is 2.78. The van der Waals surface area contributed by atoms with Crippen molar-refractivity contribution in [3.63, 3.8) is 0 Å². The molecule has 0 aliphatic carbocycles. The molecule has 0 bridgehead atoms. The monoisotopic (exact) mass is 436 g/mol. The standard InChI is InChI=1S/C20H24N2O5S2/c1-3-27-20(24)18-15(13-17(28-18)14-9-5-4-6-10-14)21-19(23)16-11-7-8-12-22(16)29(2,25)26/h4-6,9-10,13,16H,3,7-8,11-12H2,1-2H3,(H,21,23). The molecule has 1 N–H and O–H groups in total. The highest BCUT2D eigenvalue weighted by Gasteiger charge is 2.35. The number of nitrogens with one attached hydrogen (secondary N) is 1. The number of amides is 1. The number of anilines is 1. The van der Waals surface area contributed by atoms with Crippen molar-refractivity contribution in [2.75, 3.05) is 24.7 Å². The van der Waals surface area contributed by atoms with Gasteiger partial charge in [-0.3, -0.25) is 4.79 Å². The molecule has 1 aliphatic heterocycles. The zero-order chi connectivity index (χ0) is 21.0. The van der Waals surface area contributed by atoms with Gasteiger partial charge in [-0.2, -0.15) is 4.31 Å². The largest absolute Gasteiger partial charge is 0.462 e. The highest BCUT2D eigenvalue weighted by atomic mass is 32.2. The summed E-state index contributed by atoms with van der Waals surface area (Å²) in [7, 11) is -3.50. The average molecular weight is 437 g/mol. The number of rotatable bonds is 6. The van der Waals surface area contributed by atoms with Crippen molar-refractivity contribution in [3.8, 4) is 10.4 Å². The molecule has 1 aliphatic rings. The molecule has 29 heavy (non-hydrogen) atoms. The van der Waals surface area contributed by atoms with Gasteiger partial charge in [0.05, 0.1) is 18.6 Å². The van der Waals surface area contributed by atoms with Crippen LogP contribution in [0.1, 0.15) is 35.9 Å². The lowest BCUT2D eigenvalue weighted by Gasteiger charge is -2.32. The Bertz CT molecular complexity index is 986. The van der Waals surface area contributed by atoms with Crippen molar-refractivity contribution in [2.45, 2.75) is 32.2 Å². The van der Waals surface area contributed by atoms with Gasteiger partial charge in [0, 0.05) is 11.4 Å². The van der Waals surface area contributed by atoms with Crippen LogP contribution in [0.25, 0.3) is 10.4 Å². The molecule has 9 heteroatoms. The first kappa shape index (κ1) is 21.5. The van der Waals surface area contributed by atoms with Gasteiger partial charge in [-0.05, 0) is 31.4 Å². The van der Waals surface area contributed by atoms with Crippen LogP contribution in [0.2, 0.25) is 0 Å². The predicted octanol–water partition coefficient (Wildman–Crippen LogP) is 3.34. The number of ether oxygens (including phenoxy) is 1. The average Bonchev–Trinajstić information content (AvgIpc) is 3.12. The van der Waals surface area contributed by atoms with E-state index in [1.165, 1.54) is 15.6 Å². The van der Waals surface area contributed by atoms with E-state index in [0.29, 0.717) is 23.5 Å². The molecule has 0 saturated carbocycles. The highest BCUT2D eigenvalue weighted by molar-refractivity contribution is 7.88. The number of esters is 1. The third-order valence-corrected chi connectivity index (χ3v) is 7.14. The van der Waals surface area contributed by atoms with Crippen LogP contribution in [0, 0.1) is 0 Å². The van der Waals surface area contributed by atoms with E-state index in [2.05, 4.69) is 5.32 Å². The van der Waals surface area contributed by atoms with Gasteiger partial charge in [0.2, 0.25) is 15.9 Å².